The molecule has 0 aromatic carbocycles. The lowest BCUT2D eigenvalue weighted by Gasteiger charge is -2.15. The second kappa shape index (κ2) is 43.0. The highest BCUT2D eigenvalue weighted by Gasteiger charge is 2.16. The van der Waals surface area contributed by atoms with E-state index in [1.54, 1.807) is 0 Å². The van der Waals surface area contributed by atoms with Gasteiger partial charge in [0.05, 0.1) is 6.61 Å². The Bertz CT molecular complexity index is 915. The molecule has 5 nitrogen and oxygen atoms in total. The third kappa shape index (κ3) is 40.4. The Morgan fingerprint density at radius 2 is 0.827 bits per heavy atom. The van der Waals surface area contributed by atoms with Gasteiger partial charge in [0.25, 0.3) is 0 Å². The zero-order valence-corrected chi connectivity index (χ0v) is 34.1. The van der Waals surface area contributed by atoms with E-state index >= 15 is 0 Å². The smallest absolute Gasteiger partial charge is 0.306 e. The average Bonchev–Trinajstić information content (AvgIpc) is 3.15. The van der Waals surface area contributed by atoms with Crippen LogP contribution in [0.15, 0.2) is 60.8 Å². The number of hydrogen-bond donors (Lipinski definition) is 1. The highest BCUT2D eigenvalue weighted by Crippen LogP contribution is 2.15. The maximum atomic E-state index is 12.2. The molecular weight excluding hydrogens is 645 g/mol. The molecule has 1 unspecified atom stereocenters. The van der Waals surface area contributed by atoms with Crippen molar-refractivity contribution in [1.82, 2.24) is 0 Å². The van der Waals surface area contributed by atoms with Crippen molar-refractivity contribution >= 4 is 11.9 Å². The van der Waals surface area contributed by atoms with Crippen LogP contribution in [0.1, 0.15) is 206 Å². The molecule has 0 aliphatic heterocycles. The minimum atomic E-state index is -0.785. The molecular formula is C47H82O5. The molecule has 5 heteroatoms. The van der Waals surface area contributed by atoms with Crippen molar-refractivity contribution in [2.45, 2.75) is 213 Å². The van der Waals surface area contributed by atoms with Gasteiger partial charge in [-0.15, -0.1) is 0 Å². The van der Waals surface area contributed by atoms with Gasteiger partial charge in [0.2, 0.25) is 0 Å². The van der Waals surface area contributed by atoms with Gasteiger partial charge in [0.1, 0.15) is 6.61 Å². The third-order valence-electron chi connectivity index (χ3n) is 9.33. The van der Waals surface area contributed by atoms with Crippen molar-refractivity contribution < 1.29 is 24.2 Å². The SMILES string of the molecule is CCC=CCC=CCC=CCC=CCC=CCCCCCC(=O)OCC(CO)OC(=O)CCCCCCCCCCCCCCCCCCCCC. The van der Waals surface area contributed by atoms with Gasteiger partial charge in [-0.1, -0.05) is 197 Å². The largest absolute Gasteiger partial charge is 0.462 e. The molecule has 0 aliphatic rings. The minimum Gasteiger partial charge on any atom is -0.462 e. The van der Waals surface area contributed by atoms with Gasteiger partial charge in [0, 0.05) is 12.8 Å². The zero-order chi connectivity index (χ0) is 37.8. The van der Waals surface area contributed by atoms with Crippen molar-refractivity contribution in [3.63, 3.8) is 0 Å². The molecule has 300 valence electrons. The summed E-state index contributed by atoms with van der Waals surface area (Å²) in [5.74, 6) is -0.625. The predicted octanol–water partition coefficient (Wildman–Crippen LogP) is 14.0. The third-order valence-corrected chi connectivity index (χ3v) is 9.33. The molecule has 0 fully saturated rings. The first-order valence-corrected chi connectivity index (χ1v) is 21.8. The van der Waals surface area contributed by atoms with Crippen LogP contribution in [0.2, 0.25) is 0 Å². The summed E-state index contributed by atoms with van der Waals surface area (Å²) in [6, 6.07) is 0. The summed E-state index contributed by atoms with van der Waals surface area (Å²) in [7, 11) is 0. The van der Waals surface area contributed by atoms with E-state index in [1.165, 1.54) is 103 Å². The first kappa shape index (κ1) is 49.6. The Morgan fingerprint density at radius 1 is 0.462 bits per heavy atom. The van der Waals surface area contributed by atoms with Gasteiger partial charge in [0.15, 0.2) is 6.10 Å². The molecule has 0 aromatic heterocycles. The van der Waals surface area contributed by atoms with Gasteiger partial charge in [-0.2, -0.15) is 0 Å². The van der Waals surface area contributed by atoms with Crippen LogP contribution in [-0.2, 0) is 19.1 Å². The summed E-state index contributed by atoms with van der Waals surface area (Å²) in [4.78, 5) is 24.3. The Morgan fingerprint density at radius 3 is 1.25 bits per heavy atom. The topological polar surface area (TPSA) is 72.8 Å². The Balaban J connectivity index is 3.59. The highest BCUT2D eigenvalue weighted by atomic mass is 16.6. The average molecular weight is 727 g/mol. The molecule has 0 radical (unpaired) electrons. The molecule has 0 spiro atoms. The summed E-state index contributed by atoms with van der Waals surface area (Å²) in [5.41, 5.74) is 0. The van der Waals surface area contributed by atoms with Crippen molar-refractivity contribution in [2.75, 3.05) is 13.2 Å². The fourth-order valence-electron chi connectivity index (χ4n) is 6.05. The normalized spacial score (nSPS) is 12.8. The van der Waals surface area contributed by atoms with E-state index in [-0.39, 0.29) is 25.2 Å². The summed E-state index contributed by atoms with van der Waals surface area (Å²) in [6.45, 7) is 4.01. The second-order valence-corrected chi connectivity index (χ2v) is 14.4. The van der Waals surface area contributed by atoms with Crippen LogP contribution in [0, 0.1) is 0 Å². The molecule has 1 N–H and O–H groups in total. The zero-order valence-electron chi connectivity index (χ0n) is 34.1. The number of aliphatic hydroxyl groups excluding tert-OH is 1. The number of carbonyl (C=O) groups is 2. The van der Waals surface area contributed by atoms with Crippen LogP contribution in [0.5, 0.6) is 0 Å². The minimum absolute atomic E-state index is 0.0830. The number of allylic oxidation sites excluding steroid dienone is 10. The molecule has 0 saturated heterocycles. The van der Waals surface area contributed by atoms with Gasteiger partial charge >= 0.3 is 11.9 Å². The van der Waals surface area contributed by atoms with E-state index in [2.05, 4.69) is 74.6 Å². The second-order valence-electron chi connectivity index (χ2n) is 14.4. The lowest BCUT2D eigenvalue weighted by molar-refractivity contribution is -0.161. The van der Waals surface area contributed by atoms with Crippen LogP contribution in [-0.4, -0.2) is 36.4 Å². The molecule has 0 saturated carbocycles. The van der Waals surface area contributed by atoms with Crippen LogP contribution in [0.3, 0.4) is 0 Å². The highest BCUT2D eigenvalue weighted by molar-refractivity contribution is 5.70. The molecule has 0 heterocycles. The Kier molecular flexibility index (Phi) is 41.0. The molecule has 52 heavy (non-hydrogen) atoms. The summed E-state index contributed by atoms with van der Waals surface area (Å²) < 4.78 is 10.6. The summed E-state index contributed by atoms with van der Waals surface area (Å²) in [5, 5.41) is 9.58. The quantitative estimate of drug-likeness (QED) is 0.0388. The van der Waals surface area contributed by atoms with Crippen LogP contribution >= 0.6 is 0 Å². The van der Waals surface area contributed by atoms with Crippen LogP contribution in [0.4, 0.5) is 0 Å². The first-order valence-electron chi connectivity index (χ1n) is 21.8. The van der Waals surface area contributed by atoms with Gasteiger partial charge in [-0.05, 0) is 57.8 Å². The van der Waals surface area contributed by atoms with E-state index in [9.17, 15) is 14.7 Å². The molecule has 0 aliphatic carbocycles. The number of carbonyl (C=O) groups excluding carboxylic acids is 2. The lowest BCUT2D eigenvalue weighted by atomic mass is 10.0. The van der Waals surface area contributed by atoms with Crippen molar-refractivity contribution in [1.29, 1.82) is 0 Å². The number of hydrogen-bond acceptors (Lipinski definition) is 5. The van der Waals surface area contributed by atoms with Gasteiger partial charge in [-0.25, -0.2) is 0 Å². The number of aliphatic hydroxyl groups is 1. The fraction of sp³-hybridized carbons (Fsp3) is 0.745. The van der Waals surface area contributed by atoms with Crippen LogP contribution in [0.25, 0.3) is 0 Å². The van der Waals surface area contributed by atoms with E-state index in [0.29, 0.717) is 12.8 Å². The Labute approximate surface area is 321 Å². The summed E-state index contributed by atoms with van der Waals surface area (Å²) in [6.07, 6.45) is 55.8. The van der Waals surface area contributed by atoms with E-state index < -0.39 is 6.10 Å². The maximum absolute atomic E-state index is 12.2. The predicted molar refractivity (Wildman–Crippen MR) is 223 cm³/mol. The van der Waals surface area contributed by atoms with Crippen molar-refractivity contribution in [3.05, 3.63) is 60.8 Å². The monoisotopic (exact) mass is 727 g/mol. The number of esters is 2. The fourth-order valence-corrected chi connectivity index (χ4v) is 6.05. The number of unbranched alkanes of at least 4 members (excludes halogenated alkanes) is 21. The van der Waals surface area contributed by atoms with Crippen molar-refractivity contribution in [2.24, 2.45) is 0 Å². The molecule has 0 bridgehead atoms. The summed E-state index contributed by atoms with van der Waals surface area (Å²) >= 11 is 0. The standard InChI is InChI=1S/C47H82O5/c1-3-5-7-9-11-13-15-17-19-21-23-25-27-29-31-33-35-37-39-41-46(49)51-44-45(43-48)52-47(50)42-40-38-36-34-32-30-28-26-24-22-20-18-16-14-12-10-8-6-4-2/h5,7,11,13,17,19,23,25,29,31,45,48H,3-4,6,8-10,12,14-16,18,20-22,24,26-28,30,32-44H2,1-2H3. The molecule has 0 rings (SSSR count). The van der Waals surface area contributed by atoms with E-state index in [0.717, 1.165) is 77.0 Å². The van der Waals surface area contributed by atoms with Gasteiger partial charge < -0.3 is 14.6 Å². The van der Waals surface area contributed by atoms with E-state index in [1.807, 2.05) is 0 Å². The van der Waals surface area contributed by atoms with Crippen LogP contribution < -0.4 is 0 Å². The number of ether oxygens (including phenoxy) is 2. The molecule has 1 atom stereocenters. The van der Waals surface area contributed by atoms with E-state index in [4.69, 9.17) is 9.47 Å². The van der Waals surface area contributed by atoms with Crippen molar-refractivity contribution in [3.8, 4) is 0 Å². The Hall–Kier alpha value is -2.40. The number of rotatable bonds is 39. The lowest BCUT2D eigenvalue weighted by Crippen LogP contribution is -2.28. The molecule has 0 amide bonds. The van der Waals surface area contributed by atoms with Gasteiger partial charge in [-0.3, -0.25) is 9.59 Å². The first-order chi connectivity index (χ1) is 25.6. The maximum Gasteiger partial charge on any atom is 0.306 e. The molecule has 0 aromatic rings.